The molecule has 0 radical (unpaired) electrons. The van der Waals surface area contributed by atoms with Gasteiger partial charge in [-0.3, -0.25) is 14.6 Å². The first-order valence-corrected chi connectivity index (χ1v) is 11.0. The van der Waals surface area contributed by atoms with Crippen LogP contribution in [0.1, 0.15) is 20.8 Å². The number of H-pyrrole nitrogens is 1. The van der Waals surface area contributed by atoms with Crippen LogP contribution in [0.3, 0.4) is 0 Å². The van der Waals surface area contributed by atoms with Gasteiger partial charge in [0.2, 0.25) is 23.6 Å². The van der Waals surface area contributed by atoms with Crippen molar-refractivity contribution in [2.45, 2.75) is 20.8 Å². The Balaban J connectivity index is 0.00000141. The number of hydrogen-bond donors (Lipinski definition) is 3. The lowest BCUT2D eigenvalue weighted by Crippen LogP contribution is -2.13. The van der Waals surface area contributed by atoms with Crippen LogP contribution in [0.2, 0.25) is 0 Å². The predicted octanol–water partition coefficient (Wildman–Crippen LogP) is 4.10. The molecule has 5 rings (SSSR count). The SMILES string of the molecule is CC.CC(=O)Nc1ccc(-c2nnc(-c3ccccc3)o2)cc1Nc1nc2c(ncn2C)c(=O)[nH]1. The van der Waals surface area contributed by atoms with E-state index in [0.717, 1.165) is 5.56 Å². The fourth-order valence-corrected chi connectivity index (χ4v) is 3.32. The lowest BCUT2D eigenvalue weighted by atomic mass is 10.1. The van der Waals surface area contributed by atoms with E-state index in [4.69, 9.17) is 4.42 Å². The number of aromatic amines is 1. The van der Waals surface area contributed by atoms with E-state index >= 15 is 0 Å². The molecule has 3 aromatic heterocycles. The number of fused-ring (bicyclic) bond motifs is 1. The van der Waals surface area contributed by atoms with Gasteiger partial charge in [-0.1, -0.05) is 32.0 Å². The monoisotopic (exact) mass is 472 g/mol. The Bertz CT molecular complexity index is 1540. The molecule has 0 aliphatic rings. The van der Waals surface area contributed by atoms with Crippen LogP contribution in [0.5, 0.6) is 0 Å². The van der Waals surface area contributed by atoms with Gasteiger partial charge in [-0.15, -0.1) is 10.2 Å². The van der Waals surface area contributed by atoms with E-state index in [2.05, 4.69) is 35.8 Å². The lowest BCUT2D eigenvalue weighted by molar-refractivity contribution is -0.114. The fourth-order valence-electron chi connectivity index (χ4n) is 3.32. The van der Waals surface area contributed by atoms with Gasteiger partial charge in [0.1, 0.15) is 0 Å². The quantitative estimate of drug-likeness (QED) is 0.347. The Hall–Kier alpha value is -4.80. The highest BCUT2D eigenvalue weighted by Crippen LogP contribution is 2.31. The van der Waals surface area contributed by atoms with Gasteiger partial charge < -0.3 is 19.6 Å². The first-order valence-electron chi connectivity index (χ1n) is 11.0. The summed E-state index contributed by atoms with van der Waals surface area (Å²) in [4.78, 5) is 35.2. The van der Waals surface area contributed by atoms with Crippen LogP contribution in [0, 0.1) is 0 Å². The van der Waals surface area contributed by atoms with Crippen molar-refractivity contribution in [2.75, 3.05) is 10.6 Å². The van der Waals surface area contributed by atoms with Crippen molar-refractivity contribution < 1.29 is 9.21 Å². The maximum Gasteiger partial charge on any atom is 0.280 e. The summed E-state index contributed by atoms with van der Waals surface area (Å²) in [7, 11) is 1.74. The molecule has 3 N–H and O–H groups in total. The number of benzene rings is 2. The molecule has 0 aliphatic heterocycles. The zero-order chi connectivity index (χ0) is 24.9. The Morgan fingerprint density at radius 3 is 2.43 bits per heavy atom. The molecule has 1 amide bonds. The van der Waals surface area contributed by atoms with Crippen LogP contribution < -0.4 is 16.2 Å². The molecular weight excluding hydrogens is 448 g/mol. The largest absolute Gasteiger partial charge is 0.416 e. The normalized spacial score (nSPS) is 10.5. The highest BCUT2D eigenvalue weighted by atomic mass is 16.4. The number of amides is 1. The van der Waals surface area contributed by atoms with E-state index in [-0.39, 0.29) is 22.9 Å². The summed E-state index contributed by atoms with van der Waals surface area (Å²) in [5.74, 6) is 0.627. The fraction of sp³-hybridized carbons (Fsp3) is 0.167. The van der Waals surface area contributed by atoms with E-state index in [1.807, 2.05) is 44.2 Å². The number of carbonyl (C=O) groups is 1. The van der Waals surface area contributed by atoms with Crippen molar-refractivity contribution in [1.82, 2.24) is 29.7 Å². The molecule has 0 saturated heterocycles. The highest BCUT2D eigenvalue weighted by molar-refractivity contribution is 5.94. The number of rotatable bonds is 5. The van der Waals surface area contributed by atoms with Crippen LogP contribution >= 0.6 is 0 Å². The van der Waals surface area contributed by atoms with Crippen LogP contribution in [0.25, 0.3) is 34.1 Å². The summed E-state index contributed by atoms with van der Waals surface area (Å²) in [5.41, 5.74) is 2.65. The number of nitrogens with one attached hydrogen (secondary N) is 3. The van der Waals surface area contributed by atoms with Crippen molar-refractivity contribution in [2.24, 2.45) is 7.05 Å². The predicted molar refractivity (Wildman–Crippen MR) is 133 cm³/mol. The number of anilines is 3. The van der Waals surface area contributed by atoms with Gasteiger partial charge in [-0.05, 0) is 30.3 Å². The molecule has 0 bridgehead atoms. The average molecular weight is 473 g/mol. The van der Waals surface area contributed by atoms with Crippen LogP contribution in [0.4, 0.5) is 17.3 Å². The summed E-state index contributed by atoms with van der Waals surface area (Å²) in [6.45, 7) is 5.41. The third kappa shape index (κ3) is 4.93. The van der Waals surface area contributed by atoms with Gasteiger partial charge in [-0.25, -0.2) is 4.98 Å². The molecule has 0 unspecified atom stereocenters. The number of aromatic nitrogens is 6. The van der Waals surface area contributed by atoms with Crippen molar-refractivity contribution >= 4 is 34.4 Å². The van der Waals surface area contributed by atoms with E-state index in [9.17, 15) is 9.59 Å². The zero-order valence-corrected chi connectivity index (χ0v) is 19.7. The van der Waals surface area contributed by atoms with Gasteiger partial charge in [-0.2, -0.15) is 4.98 Å². The molecule has 0 atom stereocenters. The second kappa shape index (κ2) is 10.00. The van der Waals surface area contributed by atoms with Crippen molar-refractivity contribution in [1.29, 1.82) is 0 Å². The van der Waals surface area contributed by atoms with Crippen molar-refractivity contribution in [3.05, 3.63) is 65.2 Å². The standard InChI is InChI=1S/C22H18N8O3.C2H6/c1-12(31)24-15-9-8-14(21-29-28-20(33-21)13-6-4-3-5-7-13)10-16(15)25-22-26-18-17(19(32)27-22)23-11-30(18)2;1-2/h3-11H,1-2H3,(H,24,31)(H2,25,26,27,32);1-2H3. The van der Waals surface area contributed by atoms with Crippen LogP contribution in [-0.2, 0) is 11.8 Å². The Morgan fingerprint density at radius 2 is 1.71 bits per heavy atom. The molecular formula is C24H24N8O3. The van der Waals surface area contributed by atoms with Gasteiger partial charge in [0, 0.05) is 25.1 Å². The number of nitrogens with zero attached hydrogens (tertiary/aromatic N) is 5. The third-order valence-electron chi connectivity index (χ3n) is 4.85. The minimum Gasteiger partial charge on any atom is -0.416 e. The van der Waals surface area contributed by atoms with Gasteiger partial charge in [0.05, 0.1) is 17.7 Å². The van der Waals surface area contributed by atoms with E-state index < -0.39 is 0 Å². The molecule has 0 saturated carbocycles. The van der Waals surface area contributed by atoms with Gasteiger partial charge in [0.15, 0.2) is 11.2 Å². The molecule has 0 aliphatic carbocycles. The van der Waals surface area contributed by atoms with Crippen LogP contribution in [-0.4, -0.2) is 35.6 Å². The topological polar surface area (TPSA) is 144 Å². The molecule has 2 aromatic carbocycles. The Morgan fingerprint density at radius 1 is 1.00 bits per heavy atom. The molecule has 5 aromatic rings. The summed E-state index contributed by atoms with van der Waals surface area (Å²) in [6.07, 6.45) is 1.51. The molecule has 3 heterocycles. The molecule has 11 nitrogen and oxygen atoms in total. The first kappa shape index (κ1) is 23.4. The maximum atomic E-state index is 12.4. The molecule has 35 heavy (non-hydrogen) atoms. The minimum absolute atomic E-state index is 0.190. The van der Waals surface area contributed by atoms with E-state index in [1.54, 1.807) is 29.8 Å². The number of aryl methyl sites for hydroxylation is 1. The van der Waals surface area contributed by atoms with Gasteiger partial charge in [0.25, 0.3) is 5.56 Å². The summed E-state index contributed by atoms with van der Waals surface area (Å²) >= 11 is 0. The number of hydrogen-bond acceptors (Lipinski definition) is 8. The average Bonchev–Trinajstić information content (AvgIpc) is 3.50. The smallest absolute Gasteiger partial charge is 0.280 e. The van der Waals surface area contributed by atoms with Crippen molar-refractivity contribution in [3.8, 4) is 22.9 Å². The molecule has 0 fully saturated rings. The highest BCUT2D eigenvalue weighted by Gasteiger charge is 2.15. The Kier molecular flexibility index (Phi) is 6.67. The van der Waals surface area contributed by atoms with Crippen LogP contribution in [0.15, 0.2) is 64.1 Å². The second-order valence-electron chi connectivity index (χ2n) is 7.29. The zero-order valence-electron chi connectivity index (χ0n) is 19.7. The Labute approximate surface area is 200 Å². The third-order valence-corrected chi connectivity index (χ3v) is 4.85. The molecule has 0 spiro atoms. The maximum absolute atomic E-state index is 12.4. The van der Waals surface area contributed by atoms with E-state index in [1.165, 1.54) is 13.3 Å². The lowest BCUT2D eigenvalue weighted by Gasteiger charge is -2.13. The first-order chi connectivity index (χ1) is 17.0. The summed E-state index contributed by atoms with van der Waals surface area (Å²) < 4.78 is 7.48. The molecule has 11 heteroatoms. The van der Waals surface area contributed by atoms with Gasteiger partial charge >= 0.3 is 0 Å². The molecule has 178 valence electrons. The summed E-state index contributed by atoms with van der Waals surface area (Å²) in [6, 6.07) is 14.6. The summed E-state index contributed by atoms with van der Waals surface area (Å²) in [5, 5.41) is 14.1. The van der Waals surface area contributed by atoms with E-state index in [0.29, 0.717) is 34.4 Å². The minimum atomic E-state index is -0.385. The number of imidazole rings is 1. The number of carbonyl (C=O) groups excluding carboxylic acids is 1. The second-order valence-corrected chi connectivity index (χ2v) is 7.29. The van der Waals surface area contributed by atoms with Crippen molar-refractivity contribution in [3.63, 3.8) is 0 Å².